The molecule has 0 saturated heterocycles. The summed E-state index contributed by atoms with van der Waals surface area (Å²) >= 11 is 0. The average Bonchev–Trinajstić information content (AvgIpc) is 2.47. The molecule has 1 heterocycles. The molecule has 0 radical (unpaired) electrons. The van der Waals surface area contributed by atoms with E-state index in [-0.39, 0.29) is 12.1 Å². The van der Waals surface area contributed by atoms with Crippen LogP contribution in [-0.4, -0.2) is 31.8 Å². The Hall–Kier alpha value is -0.830. The fourth-order valence-electron chi connectivity index (χ4n) is 1.24. The maximum atomic E-state index is 5.25. The molecule has 68 valence electrons. The van der Waals surface area contributed by atoms with Crippen molar-refractivity contribution in [3.63, 3.8) is 0 Å². The van der Waals surface area contributed by atoms with Crippen molar-refractivity contribution in [1.29, 1.82) is 0 Å². The molecule has 0 aromatic heterocycles. The number of hydrogen-bond acceptors (Lipinski definition) is 3. The van der Waals surface area contributed by atoms with E-state index in [1.54, 1.807) is 7.11 Å². The van der Waals surface area contributed by atoms with E-state index >= 15 is 0 Å². The third-order valence-corrected chi connectivity index (χ3v) is 1.84. The van der Waals surface area contributed by atoms with E-state index in [2.05, 4.69) is 4.99 Å². The lowest BCUT2D eigenvalue weighted by Crippen LogP contribution is -2.25. The molecule has 0 unspecified atom stereocenters. The molecule has 0 fully saturated rings. The summed E-state index contributed by atoms with van der Waals surface area (Å²) in [4.78, 5) is 4.30. The van der Waals surface area contributed by atoms with Gasteiger partial charge in [-0.05, 0) is 6.92 Å². The third kappa shape index (κ3) is 2.08. The number of rotatable bonds is 3. The van der Waals surface area contributed by atoms with Gasteiger partial charge in [0.2, 0.25) is 0 Å². The zero-order chi connectivity index (χ0) is 8.97. The molecular formula is C9H15NO2. The Morgan fingerprint density at radius 2 is 2.50 bits per heavy atom. The van der Waals surface area contributed by atoms with Crippen molar-refractivity contribution in [2.75, 3.05) is 13.7 Å². The average molecular weight is 169 g/mol. The Kier molecular flexibility index (Phi) is 3.29. The molecule has 3 nitrogen and oxygen atoms in total. The van der Waals surface area contributed by atoms with Crippen LogP contribution in [0.4, 0.5) is 0 Å². The summed E-state index contributed by atoms with van der Waals surface area (Å²) in [5.74, 6) is 0.756. The molecule has 0 saturated carbocycles. The van der Waals surface area contributed by atoms with Gasteiger partial charge in [-0.25, -0.2) is 4.99 Å². The lowest BCUT2D eigenvalue weighted by molar-refractivity contribution is 0.107. The topological polar surface area (TPSA) is 30.8 Å². The molecule has 0 aromatic carbocycles. The van der Waals surface area contributed by atoms with Crippen LogP contribution >= 0.6 is 0 Å². The molecule has 1 rings (SSSR count). The maximum absolute atomic E-state index is 5.25. The second-order valence-corrected chi connectivity index (χ2v) is 2.75. The van der Waals surface area contributed by atoms with Crippen LogP contribution in [0.5, 0.6) is 0 Å². The van der Waals surface area contributed by atoms with Gasteiger partial charge in [-0.1, -0.05) is 12.2 Å². The Morgan fingerprint density at radius 1 is 1.75 bits per heavy atom. The predicted molar refractivity (Wildman–Crippen MR) is 48.5 cm³/mol. The zero-order valence-electron chi connectivity index (χ0n) is 7.78. The van der Waals surface area contributed by atoms with Gasteiger partial charge in [-0.15, -0.1) is 0 Å². The second kappa shape index (κ2) is 4.26. The first-order valence-corrected chi connectivity index (χ1v) is 4.10. The molecule has 0 aromatic rings. The minimum absolute atomic E-state index is 0.0486. The van der Waals surface area contributed by atoms with Crippen molar-refractivity contribution in [1.82, 2.24) is 0 Å². The van der Waals surface area contributed by atoms with E-state index < -0.39 is 0 Å². The summed E-state index contributed by atoms with van der Waals surface area (Å²) in [6.45, 7) is 4.47. The Balaban J connectivity index is 2.55. The smallest absolute Gasteiger partial charge is 0.180 e. The monoisotopic (exact) mass is 169 g/mol. The van der Waals surface area contributed by atoms with Crippen LogP contribution in [0.1, 0.15) is 13.8 Å². The third-order valence-electron chi connectivity index (χ3n) is 1.84. The number of nitrogens with zero attached hydrogens (tertiary/aromatic N) is 1. The molecule has 0 amide bonds. The normalized spacial score (nSPS) is 25.6. The Labute approximate surface area is 73.1 Å². The number of methoxy groups -OCH3 is 1. The standard InChI is InChI=1S/C9H15NO2/c1-4-5-9(11-3)8-6-12-7(2)10-8/h4-5,8-9H,6H2,1-3H3/b5-4+/t8-,9-/m0/s1. The van der Waals surface area contributed by atoms with Crippen LogP contribution in [0, 0.1) is 0 Å². The minimum atomic E-state index is 0.0486. The van der Waals surface area contributed by atoms with Gasteiger partial charge in [-0.3, -0.25) is 0 Å². The van der Waals surface area contributed by atoms with Crippen LogP contribution in [-0.2, 0) is 9.47 Å². The summed E-state index contributed by atoms with van der Waals surface area (Å²) in [6.07, 6.45) is 4.01. The highest BCUT2D eigenvalue weighted by Gasteiger charge is 2.23. The van der Waals surface area contributed by atoms with E-state index in [1.807, 2.05) is 26.0 Å². The Bertz CT molecular complexity index is 199. The molecule has 0 aliphatic carbocycles. The highest BCUT2D eigenvalue weighted by Crippen LogP contribution is 2.12. The predicted octanol–water partition coefficient (Wildman–Crippen LogP) is 1.39. The van der Waals surface area contributed by atoms with Gasteiger partial charge in [0.15, 0.2) is 5.90 Å². The van der Waals surface area contributed by atoms with Crippen molar-refractivity contribution in [3.05, 3.63) is 12.2 Å². The summed E-state index contributed by atoms with van der Waals surface area (Å²) < 4.78 is 10.5. The zero-order valence-corrected chi connectivity index (χ0v) is 7.78. The lowest BCUT2D eigenvalue weighted by atomic mass is 10.2. The quantitative estimate of drug-likeness (QED) is 0.598. The lowest BCUT2D eigenvalue weighted by Gasteiger charge is -2.13. The summed E-state index contributed by atoms with van der Waals surface area (Å²) in [5, 5.41) is 0. The highest BCUT2D eigenvalue weighted by molar-refractivity contribution is 5.74. The Morgan fingerprint density at radius 3 is 2.92 bits per heavy atom. The highest BCUT2D eigenvalue weighted by atomic mass is 16.5. The van der Waals surface area contributed by atoms with E-state index in [4.69, 9.17) is 9.47 Å². The van der Waals surface area contributed by atoms with E-state index in [9.17, 15) is 0 Å². The molecule has 0 bridgehead atoms. The van der Waals surface area contributed by atoms with Crippen molar-refractivity contribution < 1.29 is 9.47 Å². The molecule has 0 N–H and O–H groups in total. The number of hydrogen-bond donors (Lipinski definition) is 0. The SMILES string of the molecule is C/C=C/[C@H](OC)[C@@H]1COC(C)=N1. The molecular weight excluding hydrogens is 154 g/mol. The summed E-state index contributed by atoms with van der Waals surface area (Å²) in [7, 11) is 1.69. The molecule has 3 heteroatoms. The van der Waals surface area contributed by atoms with Gasteiger partial charge in [0.25, 0.3) is 0 Å². The fraction of sp³-hybridized carbons (Fsp3) is 0.667. The van der Waals surface area contributed by atoms with E-state index in [1.165, 1.54) is 0 Å². The summed E-state index contributed by atoms with van der Waals surface area (Å²) in [6, 6.07) is 0.131. The van der Waals surface area contributed by atoms with Crippen LogP contribution in [0.3, 0.4) is 0 Å². The first-order chi connectivity index (χ1) is 5.77. The van der Waals surface area contributed by atoms with Gasteiger partial charge in [0.05, 0.1) is 0 Å². The fourth-order valence-corrected chi connectivity index (χ4v) is 1.24. The molecule has 0 spiro atoms. The molecule has 12 heavy (non-hydrogen) atoms. The van der Waals surface area contributed by atoms with Crippen molar-refractivity contribution in [2.24, 2.45) is 4.99 Å². The van der Waals surface area contributed by atoms with Gasteiger partial charge in [0.1, 0.15) is 18.8 Å². The number of allylic oxidation sites excluding steroid dienone is 1. The van der Waals surface area contributed by atoms with Crippen molar-refractivity contribution in [2.45, 2.75) is 26.0 Å². The first-order valence-electron chi connectivity index (χ1n) is 4.10. The maximum Gasteiger partial charge on any atom is 0.180 e. The van der Waals surface area contributed by atoms with Crippen LogP contribution < -0.4 is 0 Å². The number of ether oxygens (including phenoxy) is 2. The molecule has 1 aliphatic rings. The number of aliphatic imine (C=N–C) groups is 1. The molecule has 2 atom stereocenters. The minimum Gasteiger partial charge on any atom is -0.479 e. The van der Waals surface area contributed by atoms with E-state index in [0.29, 0.717) is 6.61 Å². The molecule has 1 aliphatic heterocycles. The van der Waals surface area contributed by atoms with E-state index in [0.717, 1.165) is 5.90 Å². The van der Waals surface area contributed by atoms with Crippen LogP contribution in [0.25, 0.3) is 0 Å². The van der Waals surface area contributed by atoms with Crippen molar-refractivity contribution in [3.8, 4) is 0 Å². The van der Waals surface area contributed by atoms with Gasteiger partial charge >= 0.3 is 0 Å². The van der Waals surface area contributed by atoms with Crippen LogP contribution in [0.15, 0.2) is 17.1 Å². The van der Waals surface area contributed by atoms with Crippen LogP contribution in [0.2, 0.25) is 0 Å². The van der Waals surface area contributed by atoms with Crippen molar-refractivity contribution >= 4 is 5.90 Å². The second-order valence-electron chi connectivity index (χ2n) is 2.75. The van der Waals surface area contributed by atoms with Gasteiger partial charge < -0.3 is 9.47 Å². The first kappa shape index (κ1) is 9.26. The summed E-state index contributed by atoms with van der Waals surface area (Å²) in [5.41, 5.74) is 0. The van der Waals surface area contributed by atoms with Gasteiger partial charge in [-0.2, -0.15) is 0 Å². The largest absolute Gasteiger partial charge is 0.479 e. The van der Waals surface area contributed by atoms with Gasteiger partial charge in [0, 0.05) is 14.0 Å².